The van der Waals surface area contributed by atoms with Crippen LogP contribution in [0.5, 0.6) is 0 Å². The van der Waals surface area contributed by atoms with Crippen molar-refractivity contribution in [3.8, 4) is 0 Å². The Morgan fingerprint density at radius 3 is 2.83 bits per heavy atom. The van der Waals surface area contributed by atoms with Crippen LogP contribution >= 0.6 is 0 Å². The highest BCUT2D eigenvalue weighted by atomic mass is 16.3. The first-order chi connectivity index (χ1) is 8.79. The fourth-order valence-corrected chi connectivity index (χ4v) is 2.65. The molecule has 3 rings (SSSR count). The van der Waals surface area contributed by atoms with Crippen LogP contribution in [0.25, 0.3) is 11.0 Å². The van der Waals surface area contributed by atoms with Crippen molar-refractivity contribution in [2.24, 2.45) is 5.92 Å². The van der Waals surface area contributed by atoms with E-state index in [1.54, 1.807) is 0 Å². The van der Waals surface area contributed by atoms with Crippen molar-refractivity contribution < 1.29 is 4.42 Å². The molecule has 1 aliphatic carbocycles. The second-order valence-electron chi connectivity index (χ2n) is 5.36. The van der Waals surface area contributed by atoms with Crippen LogP contribution in [0.1, 0.15) is 38.0 Å². The summed E-state index contributed by atoms with van der Waals surface area (Å²) in [6.07, 6.45) is 3.74. The van der Waals surface area contributed by atoms with Gasteiger partial charge in [-0.3, -0.25) is 0 Å². The lowest BCUT2D eigenvalue weighted by Gasteiger charge is -2.12. The summed E-state index contributed by atoms with van der Waals surface area (Å²) < 4.78 is 5.92. The van der Waals surface area contributed by atoms with Crippen LogP contribution in [-0.4, -0.2) is 6.04 Å². The highest BCUT2D eigenvalue weighted by Crippen LogP contribution is 2.33. The molecule has 18 heavy (non-hydrogen) atoms. The fourth-order valence-electron chi connectivity index (χ4n) is 2.65. The van der Waals surface area contributed by atoms with E-state index in [9.17, 15) is 0 Å². The molecule has 0 radical (unpaired) electrons. The summed E-state index contributed by atoms with van der Waals surface area (Å²) in [5, 5.41) is 4.92. The van der Waals surface area contributed by atoms with Crippen molar-refractivity contribution in [3.05, 3.63) is 35.6 Å². The normalized spacial score (nSPS) is 17.2. The van der Waals surface area contributed by atoms with E-state index in [1.807, 2.05) is 6.07 Å². The van der Waals surface area contributed by atoms with Crippen molar-refractivity contribution in [2.75, 3.05) is 0 Å². The molecule has 1 aromatic carbocycles. The number of hydrogen-bond donors (Lipinski definition) is 1. The van der Waals surface area contributed by atoms with Crippen molar-refractivity contribution >= 4 is 11.0 Å². The van der Waals surface area contributed by atoms with Gasteiger partial charge in [0.2, 0.25) is 0 Å². The molecule has 1 unspecified atom stereocenters. The number of furan rings is 1. The molecule has 0 saturated heterocycles. The zero-order valence-corrected chi connectivity index (χ0v) is 11.2. The minimum absolute atomic E-state index is 0.628. The Bertz CT molecular complexity index is 539. The Hall–Kier alpha value is -1.28. The molecule has 1 aliphatic rings. The van der Waals surface area contributed by atoms with Crippen molar-refractivity contribution in [1.82, 2.24) is 5.32 Å². The smallest absolute Gasteiger partial charge is 0.134 e. The predicted molar refractivity (Wildman–Crippen MR) is 74.6 cm³/mol. The monoisotopic (exact) mass is 243 g/mol. The zero-order valence-electron chi connectivity index (χ0n) is 11.2. The Kier molecular flexibility index (Phi) is 3.13. The van der Waals surface area contributed by atoms with Crippen molar-refractivity contribution in [1.29, 1.82) is 0 Å². The third kappa shape index (κ3) is 2.17. The zero-order chi connectivity index (χ0) is 12.5. The predicted octanol–water partition coefficient (Wildman–Crippen LogP) is 3.88. The quantitative estimate of drug-likeness (QED) is 0.862. The summed E-state index contributed by atoms with van der Waals surface area (Å²) in [5.41, 5.74) is 2.37. The first-order valence-corrected chi connectivity index (χ1v) is 7.02. The largest absolute Gasteiger partial charge is 0.461 e. The van der Waals surface area contributed by atoms with Crippen LogP contribution in [0, 0.1) is 5.92 Å². The molecule has 0 aliphatic heterocycles. The first-order valence-electron chi connectivity index (χ1n) is 7.02. The molecule has 1 atom stereocenters. The molecule has 2 nitrogen and oxygen atoms in total. The molecule has 0 spiro atoms. The van der Waals surface area contributed by atoms with Crippen LogP contribution in [-0.2, 0) is 13.0 Å². The SMILES string of the molecule is CCc1oc2ccccc2c1CNC(C)C1CC1. The third-order valence-corrected chi connectivity index (χ3v) is 4.03. The lowest BCUT2D eigenvalue weighted by molar-refractivity contribution is 0.486. The van der Waals surface area contributed by atoms with Gasteiger partial charge in [-0.25, -0.2) is 0 Å². The van der Waals surface area contributed by atoms with Gasteiger partial charge in [0.05, 0.1) is 0 Å². The Labute approximate surface area is 108 Å². The van der Waals surface area contributed by atoms with Gasteiger partial charge < -0.3 is 9.73 Å². The van der Waals surface area contributed by atoms with Gasteiger partial charge in [-0.05, 0) is 31.7 Å². The standard InChI is InChI=1S/C16H21NO/c1-3-15-14(10-17-11(2)12-8-9-12)13-6-4-5-7-16(13)18-15/h4-7,11-12,17H,3,8-10H2,1-2H3. The first kappa shape index (κ1) is 11.8. The molecule has 1 N–H and O–H groups in total. The molecule has 0 bridgehead atoms. The topological polar surface area (TPSA) is 25.2 Å². The molecule has 1 fully saturated rings. The van der Waals surface area contributed by atoms with E-state index in [1.165, 1.54) is 23.8 Å². The molecule has 1 aromatic heterocycles. The van der Waals surface area contributed by atoms with Crippen LogP contribution in [0.3, 0.4) is 0 Å². The number of benzene rings is 1. The molecule has 0 amide bonds. The van der Waals surface area contributed by atoms with E-state index in [-0.39, 0.29) is 0 Å². The van der Waals surface area contributed by atoms with E-state index >= 15 is 0 Å². The lowest BCUT2D eigenvalue weighted by Crippen LogP contribution is -2.27. The van der Waals surface area contributed by atoms with Gasteiger partial charge >= 0.3 is 0 Å². The van der Waals surface area contributed by atoms with E-state index in [0.717, 1.165) is 30.2 Å². The van der Waals surface area contributed by atoms with E-state index in [4.69, 9.17) is 4.42 Å². The summed E-state index contributed by atoms with van der Waals surface area (Å²) in [4.78, 5) is 0. The number of rotatable bonds is 5. The highest BCUT2D eigenvalue weighted by molar-refractivity contribution is 5.82. The molecule has 96 valence electrons. The molecule has 2 heteroatoms. The number of aryl methyl sites for hydroxylation is 1. The third-order valence-electron chi connectivity index (χ3n) is 4.03. The lowest BCUT2D eigenvalue weighted by atomic mass is 10.1. The minimum atomic E-state index is 0.628. The van der Waals surface area contributed by atoms with Crippen LogP contribution in [0.15, 0.2) is 28.7 Å². The Morgan fingerprint density at radius 1 is 1.33 bits per heavy atom. The van der Waals surface area contributed by atoms with Gasteiger partial charge in [0.25, 0.3) is 0 Å². The molecular formula is C16H21NO. The average molecular weight is 243 g/mol. The Morgan fingerprint density at radius 2 is 2.11 bits per heavy atom. The number of hydrogen-bond acceptors (Lipinski definition) is 2. The minimum Gasteiger partial charge on any atom is -0.461 e. The fraction of sp³-hybridized carbons (Fsp3) is 0.500. The van der Waals surface area contributed by atoms with Gasteiger partial charge in [0.15, 0.2) is 0 Å². The number of nitrogens with one attached hydrogen (secondary N) is 1. The van der Waals surface area contributed by atoms with Crippen molar-refractivity contribution in [3.63, 3.8) is 0 Å². The van der Waals surface area contributed by atoms with E-state index in [2.05, 4.69) is 37.4 Å². The maximum atomic E-state index is 5.92. The van der Waals surface area contributed by atoms with Gasteiger partial charge in [0.1, 0.15) is 11.3 Å². The van der Waals surface area contributed by atoms with Crippen LogP contribution in [0.2, 0.25) is 0 Å². The Balaban J connectivity index is 1.84. The second kappa shape index (κ2) is 4.77. The number of fused-ring (bicyclic) bond motifs is 1. The summed E-state index contributed by atoms with van der Waals surface area (Å²) >= 11 is 0. The average Bonchev–Trinajstić information content (AvgIpc) is 3.18. The molecule has 2 aromatic rings. The van der Waals surface area contributed by atoms with E-state index < -0.39 is 0 Å². The van der Waals surface area contributed by atoms with E-state index in [0.29, 0.717) is 6.04 Å². The van der Waals surface area contributed by atoms with Crippen molar-refractivity contribution in [2.45, 2.75) is 45.7 Å². The van der Waals surface area contributed by atoms with Gasteiger partial charge in [-0.1, -0.05) is 25.1 Å². The van der Waals surface area contributed by atoms with Gasteiger partial charge in [0, 0.05) is 30.0 Å². The second-order valence-corrected chi connectivity index (χ2v) is 5.36. The number of para-hydroxylation sites is 1. The molecule has 1 heterocycles. The summed E-state index contributed by atoms with van der Waals surface area (Å²) in [6.45, 7) is 5.38. The van der Waals surface area contributed by atoms with Crippen LogP contribution in [0.4, 0.5) is 0 Å². The van der Waals surface area contributed by atoms with Gasteiger partial charge in [-0.2, -0.15) is 0 Å². The maximum absolute atomic E-state index is 5.92. The summed E-state index contributed by atoms with van der Waals surface area (Å²) in [6, 6.07) is 8.97. The maximum Gasteiger partial charge on any atom is 0.134 e. The van der Waals surface area contributed by atoms with Crippen LogP contribution < -0.4 is 5.32 Å². The van der Waals surface area contributed by atoms with Gasteiger partial charge in [-0.15, -0.1) is 0 Å². The molecule has 1 saturated carbocycles. The summed E-state index contributed by atoms with van der Waals surface area (Å²) in [7, 11) is 0. The summed E-state index contributed by atoms with van der Waals surface area (Å²) in [5.74, 6) is 2.03. The highest BCUT2D eigenvalue weighted by Gasteiger charge is 2.27. The molecular weight excluding hydrogens is 222 g/mol.